The Morgan fingerprint density at radius 1 is 0.857 bits per heavy atom. The van der Waals surface area contributed by atoms with E-state index in [1.54, 1.807) is 0 Å². The van der Waals surface area contributed by atoms with Gasteiger partial charge in [-0.15, -0.1) is 0 Å². The van der Waals surface area contributed by atoms with Crippen molar-refractivity contribution in [2.75, 3.05) is 26.2 Å². The summed E-state index contributed by atoms with van der Waals surface area (Å²) < 4.78 is 0. The molecule has 0 saturated carbocycles. The van der Waals surface area contributed by atoms with Gasteiger partial charge in [0.05, 0.1) is 5.92 Å². The lowest BCUT2D eigenvalue weighted by Gasteiger charge is -2.30. The Morgan fingerprint density at radius 3 is 1.81 bits per heavy atom. The molecule has 0 N–H and O–H groups in total. The third-order valence-electron chi connectivity index (χ3n) is 3.88. The first kappa shape index (κ1) is 13.8. The molecule has 0 atom stereocenters. The maximum atomic E-state index is 13.0. The molecule has 3 nitrogen and oxygen atoms in total. The molecular weight excluding hydrogens is 260 g/mol. The average molecular weight is 279 g/mol. The SMILES string of the molecule is O=C(C(c1ccccc1)c1ccccc1)N1CC[N]CC1. The number of benzene rings is 2. The smallest absolute Gasteiger partial charge is 0.234 e. The predicted octanol–water partition coefficient (Wildman–Crippen LogP) is 2.27. The molecule has 0 aromatic heterocycles. The van der Waals surface area contributed by atoms with Crippen LogP contribution in [0.3, 0.4) is 0 Å². The summed E-state index contributed by atoms with van der Waals surface area (Å²) in [7, 11) is 0. The molecule has 1 amide bonds. The number of amides is 1. The third kappa shape index (κ3) is 3.14. The quantitative estimate of drug-likeness (QED) is 0.848. The van der Waals surface area contributed by atoms with E-state index in [9.17, 15) is 4.79 Å². The maximum Gasteiger partial charge on any atom is 0.234 e. The second-order valence-electron chi connectivity index (χ2n) is 5.25. The first-order valence-corrected chi connectivity index (χ1v) is 7.38. The third-order valence-corrected chi connectivity index (χ3v) is 3.88. The van der Waals surface area contributed by atoms with Crippen LogP contribution < -0.4 is 5.32 Å². The van der Waals surface area contributed by atoms with Crippen molar-refractivity contribution in [3.05, 3.63) is 71.8 Å². The lowest BCUT2D eigenvalue weighted by molar-refractivity contribution is -0.132. The molecule has 1 saturated heterocycles. The van der Waals surface area contributed by atoms with E-state index in [0.717, 1.165) is 37.3 Å². The minimum Gasteiger partial charge on any atom is -0.339 e. The lowest BCUT2D eigenvalue weighted by Crippen LogP contribution is -2.45. The normalized spacial score (nSPS) is 15.2. The van der Waals surface area contributed by atoms with E-state index in [2.05, 4.69) is 5.32 Å². The number of nitrogens with zero attached hydrogens (tertiary/aromatic N) is 2. The van der Waals surface area contributed by atoms with Crippen molar-refractivity contribution in [1.29, 1.82) is 0 Å². The first-order chi connectivity index (χ1) is 10.4. The Balaban J connectivity index is 1.94. The topological polar surface area (TPSA) is 34.4 Å². The van der Waals surface area contributed by atoms with Gasteiger partial charge in [-0.3, -0.25) is 4.79 Å². The van der Waals surface area contributed by atoms with Gasteiger partial charge in [0.2, 0.25) is 5.91 Å². The van der Waals surface area contributed by atoms with Crippen LogP contribution in [0.4, 0.5) is 0 Å². The molecule has 0 spiro atoms. The fraction of sp³-hybridized carbons (Fsp3) is 0.278. The summed E-state index contributed by atoms with van der Waals surface area (Å²) in [6.07, 6.45) is 0. The van der Waals surface area contributed by atoms with Gasteiger partial charge >= 0.3 is 0 Å². The van der Waals surface area contributed by atoms with Crippen LogP contribution in [0.15, 0.2) is 60.7 Å². The molecule has 0 unspecified atom stereocenters. The van der Waals surface area contributed by atoms with Gasteiger partial charge in [-0.25, -0.2) is 5.32 Å². The summed E-state index contributed by atoms with van der Waals surface area (Å²) in [6, 6.07) is 20.1. The fourth-order valence-corrected chi connectivity index (χ4v) is 2.78. The van der Waals surface area contributed by atoms with Crippen molar-refractivity contribution in [2.24, 2.45) is 0 Å². The van der Waals surface area contributed by atoms with Crippen LogP contribution >= 0.6 is 0 Å². The van der Waals surface area contributed by atoms with Gasteiger partial charge in [-0.2, -0.15) is 0 Å². The molecule has 1 fully saturated rings. The number of piperazine rings is 1. The van der Waals surface area contributed by atoms with Crippen molar-refractivity contribution >= 4 is 5.91 Å². The maximum absolute atomic E-state index is 13.0. The standard InChI is InChI=1S/C18H19N2O/c21-18(20-13-11-19-12-14-20)17(15-7-3-1-4-8-15)16-9-5-2-6-10-16/h1-10,17H,11-14H2. The monoisotopic (exact) mass is 279 g/mol. The van der Waals surface area contributed by atoms with Crippen molar-refractivity contribution in [1.82, 2.24) is 10.2 Å². The van der Waals surface area contributed by atoms with Crippen molar-refractivity contribution in [3.63, 3.8) is 0 Å². The van der Waals surface area contributed by atoms with Gasteiger partial charge < -0.3 is 4.90 Å². The van der Waals surface area contributed by atoms with Gasteiger partial charge in [0.1, 0.15) is 0 Å². The number of hydrogen-bond acceptors (Lipinski definition) is 1. The summed E-state index contributed by atoms with van der Waals surface area (Å²) in [5.41, 5.74) is 2.10. The second-order valence-corrected chi connectivity index (χ2v) is 5.25. The molecule has 1 heterocycles. The Bertz CT molecular complexity index is 537. The van der Waals surface area contributed by atoms with E-state index in [1.807, 2.05) is 65.6 Å². The summed E-state index contributed by atoms with van der Waals surface area (Å²) in [4.78, 5) is 14.9. The second kappa shape index (κ2) is 6.55. The summed E-state index contributed by atoms with van der Waals surface area (Å²) in [5, 5.41) is 4.32. The Kier molecular flexibility index (Phi) is 4.31. The van der Waals surface area contributed by atoms with E-state index in [4.69, 9.17) is 0 Å². The largest absolute Gasteiger partial charge is 0.339 e. The lowest BCUT2D eigenvalue weighted by atomic mass is 9.90. The summed E-state index contributed by atoms with van der Waals surface area (Å²) in [5.74, 6) is -0.0344. The molecule has 0 aliphatic carbocycles. The van der Waals surface area contributed by atoms with Crippen LogP contribution in [0.5, 0.6) is 0 Å². The molecule has 1 aliphatic heterocycles. The van der Waals surface area contributed by atoms with E-state index in [0.29, 0.717) is 0 Å². The highest BCUT2D eigenvalue weighted by atomic mass is 16.2. The molecule has 2 aromatic rings. The molecule has 107 valence electrons. The zero-order valence-corrected chi connectivity index (χ0v) is 12.0. The molecule has 1 aliphatic rings. The minimum absolute atomic E-state index is 0.183. The van der Waals surface area contributed by atoms with E-state index >= 15 is 0 Å². The van der Waals surface area contributed by atoms with Crippen LogP contribution in [0.25, 0.3) is 0 Å². The van der Waals surface area contributed by atoms with E-state index < -0.39 is 0 Å². The van der Waals surface area contributed by atoms with Gasteiger partial charge in [0.25, 0.3) is 0 Å². The number of rotatable bonds is 3. The fourth-order valence-electron chi connectivity index (χ4n) is 2.78. The molecule has 3 rings (SSSR count). The van der Waals surface area contributed by atoms with Crippen LogP contribution in [-0.2, 0) is 4.79 Å². The highest BCUT2D eigenvalue weighted by molar-refractivity contribution is 5.87. The highest BCUT2D eigenvalue weighted by Gasteiger charge is 2.28. The van der Waals surface area contributed by atoms with Gasteiger partial charge in [0.15, 0.2) is 0 Å². The van der Waals surface area contributed by atoms with E-state index in [-0.39, 0.29) is 11.8 Å². The van der Waals surface area contributed by atoms with E-state index in [1.165, 1.54) is 0 Å². The Labute approximate surface area is 125 Å². The highest BCUT2D eigenvalue weighted by Crippen LogP contribution is 2.26. The zero-order valence-electron chi connectivity index (χ0n) is 12.0. The zero-order chi connectivity index (χ0) is 14.5. The molecule has 21 heavy (non-hydrogen) atoms. The summed E-state index contributed by atoms with van der Waals surface area (Å²) in [6.45, 7) is 2.97. The molecule has 2 aromatic carbocycles. The number of carbonyl (C=O) groups excluding carboxylic acids is 1. The van der Waals surface area contributed by atoms with Crippen LogP contribution in [0.1, 0.15) is 17.0 Å². The average Bonchev–Trinajstić information content (AvgIpc) is 2.58. The first-order valence-electron chi connectivity index (χ1n) is 7.38. The Hall–Kier alpha value is -2.13. The van der Waals surface area contributed by atoms with Gasteiger partial charge in [-0.05, 0) is 11.1 Å². The van der Waals surface area contributed by atoms with Crippen molar-refractivity contribution in [2.45, 2.75) is 5.92 Å². The van der Waals surface area contributed by atoms with Crippen LogP contribution in [0.2, 0.25) is 0 Å². The number of carbonyl (C=O) groups is 1. The molecular formula is C18H19N2O. The Morgan fingerprint density at radius 2 is 1.33 bits per heavy atom. The predicted molar refractivity (Wildman–Crippen MR) is 83.2 cm³/mol. The van der Waals surface area contributed by atoms with Crippen molar-refractivity contribution < 1.29 is 4.79 Å². The number of hydrogen-bond donors (Lipinski definition) is 0. The van der Waals surface area contributed by atoms with Gasteiger partial charge in [0, 0.05) is 26.2 Å². The summed E-state index contributed by atoms with van der Waals surface area (Å²) >= 11 is 0. The van der Waals surface area contributed by atoms with Gasteiger partial charge in [-0.1, -0.05) is 60.7 Å². The van der Waals surface area contributed by atoms with Crippen molar-refractivity contribution in [3.8, 4) is 0 Å². The van der Waals surface area contributed by atoms with Crippen LogP contribution in [-0.4, -0.2) is 37.0 Å². The molecule has 0 bridgehead atoms. The van der Waals surface area contributed by atoms with Crippen LogP contribution in [0, 0.1) is 0 Å². The molecule has 1 radical (unpaired) electrons. The minimum atomic E-state index is -0.217. The molecule has 3 heteroatoms.